The summed E-state index contributed by atoms with van der Waals surface area (Å²) in [7, 11) is 0. The van der Waals surface area contributed by atoms with Gasteiger partial charge in [0.1, 0.15) is 0 Å². The molecule has 1 aliphatic carbocycles. The Balaban J connectivity index is 2.84. The molecular weight excluding hydrogens is 288 g/mol. The molecular formula is C20H28O3. The van der Waals surface area contributed by atoms with Crippen molar-refractivity contribution in [3.63, 3.8) is 0 Å². The molecule has 1 rings (SSSR count). The predicted molar refractivity (Wildman–Crippen MR) is 95.2 cm³/mol. The van der Waals surface area contributed by atoms with E-state index in [0.29, 0.717) is 5.57 Å². The van der Waals surface area contributed by atoms with Crippen LogP contribution in [-0.4, -0.2) is 22.3 Å². The Morgan fingerprint density at radius 2 is 1.87 bits per heavy atom. The van der Waals surface area contributed by atoms with Gasteiger partial charge in [0.2, 0.25) is 0 Å². The molecule has 3 heteroatoms. The number of carboxylic acids is 1. The van der Waals surface area contributed by atoms with Gasteiger partial charge in [-0.2, -0.15) is 0 Å². The van der Waals surface area contributed by atoms with Crippen LogP contribution in [0.3, 0.4) is 0 Å². The van der Waals surface area contributed by atoms with Gasteiger partial charge in [0.05, 0.1) is 6.10 Å². The Morgan fingerprint density at radius 1 is 1.22 bits per heavy atom. The average Bonchev–Trinajstić information content (AvgIpc) is 2.35. The van der Waals surface area contributed by atoms with Crippen LogP contribution in [-0.2, 0) is 4.79 Å². The summed E-state index contributed by atoms with van der Waals surface area (Å²) in [6.45, 7) is 10.2. The lowest BCUT2D eigenvalue weighted by atomic mass is 9.71. The van der Waals surface area contributed by atoms with Crippen molar-refractivity contribution in [3.8, 4) is 0 Å². The van der Waals surface area contributed by atoms with Gasteiger partial charge >= 0.3 is 5.97 Å². The van der Waals surface area contributed by atoms with Crippen LogP contribution in [0.25, 0.3) is 0 Å². The lowest BCUT2D eigenvalue weighted by Crippen LogP contribution is -2.28. The Kier molecular flexibility index (Phi) is 6.77. The Hall–Kier alpha value is -1.87. The molecule has 0 aromatic carbocycles. The lowest BCUT2D eigenvalue weighted by molar-refractivity contribution is -0.131. The van der Waals surface area contributed by atoms with Gasteiger partial charge in [-0.15, -0.1) is 0 Å². The van der Waals surface area contributed by atoms with E-state index in [4.69, 9.17) is 5.11 Å². The molecule has 0 bridgehead atoms. The Morgan fingerprint density at radius 3 is 2.43 bits per heavy atom. The summed E-state index contributed by atoms with van der Waals surface area (Å²) in [5.74, 6) is -0.933. The zero-order valence-electron chi connectivity index (χ0n) is 14.8. The molecule has 0 unspecified atom stereocenters. The molecule has 126 valence electrons. The maximum atomic E-state index is 10.5. The molecule has 0 aromatic rings. The largest absolute Gasteiger partial charge is 0.478 e. The van der Waals surface area contributed by atoms with Crippen molar-refractivity contribution in [2.45, 2.75) is 53.6 Å². The third kappa shape index (κ3) is 6.41. The second-order valence-corrected chi connectivity index (χ2v) is 6.97. The van der Waals surface area contributed by atoms with Gasteiger partial charge in [0.25, 0.3) is 0 Å². The van der Waals surface area contributed by atoms with Crippen molar-refractivity contribution in [2.75, 3.05) is 0 Å². The quantitative estimate of drug-likeness (QED) is 0.577. The fourth-order valence-electron chi connectivity index (χ4n) is 3.04. The topological polar surface area (TPSA) is 57.5 Å². The van der Waals surface area contributed by atoms with Gasteiger partial charge in [-0.05, 0) is 50.2 Å². The highest BCUT2D eigenvalue weighted by Crippen LogP contribution is 2.40. The molecule has 1 aliphatic rings. The minimum absolute atomic E-state index is 0.0187. The minimum Gasteiger partial charge on any atom is -0.478 e. The van der Waals surface area contributed by atoms with Crippen LogP contribution in [0.15, 0.2) is 58.7 Å². The summed E-state index contributed by atoms with van der Waals surface area (Å²) in [5.41, 5.74) is 4.31. The van der Waals surface area contributed by atoms with Gasteiger partial charge in [0, 0.05) is 6.08 Å². The summed E-state index contributed by atoms with van der Waals surface area (Å²) in [6, 6.07) is 0. The maximum absolute atomic E-state index is 10.5. The number of hydrogen-bond donors (Lipinski definition) is 2. The van der Waals surface area contributed by atoms with Crippen LogP contribution in [0.4, 0.5) is 0 Å². The minimum atomic E-state index is -0.933. The molecule has 2 N–H and O–H groups in total. The van der Waals surface area contributed by atoms with E-state index >= 15 is 0 Å². The first-order valence-corrected chi connectivity index (χ1v) is 7.94. The van der Waals surface area contributed by atoms with Gasteiger partial charge in [-0.3, -0.25) is 0 Å². The van der Waals surface area contributed by atoms with Crippen molar-refractivity contribution >= 4 is 5.97 Å². The first kappa shape index (κ1) is 19.2. The molecule has 0 saturated heterocycles. The number of allylic oxidation sites excluding steroid dienone is 8. The normalized spacial score (nSPS) is 23.1. The van der Waals surface area contributed by atoms with E-state index in [0.717, 1.165) is 18.4 Å². The maximum Gasteiger partial charge on any atom is 0.328 e. The van der Waals surface area contributed by atoms with Crippen molar-refractivity contribution in [1.29, 1.82) is 0 Å². The summed E-state index contributed by atoms with van der Waals surface area (Å²) < 4.78 is 0. The number of carboxylic acid groups (broad SMARTS) is 1. The first-order chi connectivity index (χ1) is 10.6. The van der Waals surface area contributed by atoms with Crippen LogP contribution in [0.1, 0.15) is 47.5 Å². The van der Waals surface area contributed by atoms with E-state index in [9.17, 15) is 9.90 Å². The first-order valence-electron chi connectivity index (χ1n) is 7.94. The zero-order valence-corrected chi connectivity index (χ0v) is 14.8. The number of aliphatic hydroxyl groups excluding tert-OH is 1. The number of aliphatic carboxylic acids is 1. The van der Waals surface area contributed by atoms with Crippen molar-refractivity contribution < 1.29 is 15.0 Å². The predicted octanol–water partition coefficient (Wildman–Crippen LogP) is 4.57. The van der Waals surface area contributed by atoms with Crippen LogP contribution in [0.2, 0.25) is 0 Å². The van der Waals surface area contributed by atoms with E-state index in [2.05, 4.69) is 32.9 Å². The molecule has 0 aliphatic heterocycles. The van der Waals surface area contributed by atoms with E-state index in [1.165, 1.54) is 17.2 Å². The van der Waals surface area contributed by atoms with Gasteiger partial charge in [0.15, 0.2) is 0 Å². The SMILES string of the molecule is CC1=C(/C=C/C(C)=C/C=C/C(C)=C/C(=O)O)C(C)(C)C[C@H](O)C1. The number of aliphatic hydroxyl groups is 1. The fraction of sp³-hybridized carbons (Fsp3) is 0.450. The van der Waals surface area contributed by atoms with Crippen molar-refractivity contribution in [3.05, 3.63) is 58.7 Å². The summed E-state index contributed by atoms with van der Waals surface area (Å²) >= 11 is 0. The molecule has 0 radical (unpaired) electrons. The summed E-state index contributed by atoms with van der Waals surface area (Å²) in [4.78, 5) is 10.5. The van der Waals surface area contributed by atoms with Crippen LogP contribution in [0, 0.1) is 5.41 Å². The molecule has 0 fully saturated rings. The molecule has 0 saturated carbocycles. The Labute approximate surface area is 139 Å². The molecule has 23 heavy (non-hydrogen) atoms. The van der Waals surface area contributed by atoms with Crippen molar-refractivity contribution in [2.24, 2.45) is 5.41 Å². The second kappa shape index (κ2) is 8.11. The zero-order chi connectivity index (χ0) is 17.6. The highest BCUT2D eigenvalue weighted by molar-refractivity contribution is 5.81. The highest BCUT2D eigenvalue weighted by atomic mass is 16.4. The standard InChI is InChI=1S/C20H28O3/c1-14(7-6-8-15(2)11-19(22)23)9-10-18-16(3)12-17(21)13-20(18,4)5/h6-11,17,21H,12-13H2,1-5H3,(H,22,23)/b8-6+,10-9+,14-7+,15-11+/t17-/m1/s1. The van der Waals surface area contributed by atoms with E-state index in [-0.39, 0.29) is 11.5 Å². The molecule has 1 atom stereocenters. The van der Waals surface area contributed by atoms with E-state index in [1.54, 1.807) is 13.0 Å². The van der Waals surface area contributed by atoms with Gasteiger partial charge in [-0.25, -0.2) is 4.79 Å². The Bertz CT molecular complexity index is 598. The second-order valence-electron chi connectivity index (χ2n) is 6.97. The number of hydrogen-bond acceptors (Lipinski definition) is 2. The molecule has 0 spiro atoms. The van der Waals surface area contributed by atoms with Gasteiger partial charge in [-0.1, -0.05) is 55.4 Å². The molecule has 0 aromatic heterocycles. The number of carbonyl (C=O) groups is 1. The smallest absolute Gasteiger partial charge is 0.328 e. The molecule has 3 nitrogen and oxygen atoms in total. The average molecular weight is 316 g/mol. The van der Waals surface area contributed by atoms with E-state index < -0.39 is 5.97 Å². The summed E-state index contributed by atoms with van der Waals surface area (Å²) in [5, 5.41) is 18.6. The number of rotatable bonds is 5. The fourth-order valence-corrected chi connectivity index (χ4v) is 3.04. The summed E-state index contributed by atoms with van der Waals surface area (Å²) in [6.07, 6.45) is 12.2. The highest BCUT2D eigenvalue weighted by Gasteiger charge is 2.31. The molecule has 0 heterocycles. The van der Waals surface area contributed by atoms with Crippen molar-refractivity contribution in [1.82, 2.24) is 0 Å². The van der Waals surface area contributed by atoms with E-state index in [1.807, 2.05) is 19.1 Å². The third-order valence-corrected chi connectivity index (χ3v) is 4.06. The van der Waals surface area contributed by atoms with Gasteiger partial charge < -0.3 is 10.2 Å². The third-order valence-electron chi connectivity index (χ3n) is 4.06. The van der Waals surface area contributed by atoms with Crippen LogP contribution < -0.4 is 0 Å². The van der Waals surface area contributed by atoms with Crippen LogP contribution >= 0.6 is 0 Å². The van der Waals surface area contributed by atoms with Crippen LogP contribution in [0.5, 0.6) is 0 Å². The molecule has 0 amide bonds. The monoisotopic (exact) mass is 316 g/mol. The lowest BCUT2D eigenvalue weighted by Gasteiger charge is -2.35.